The van der Waals surface area contributed by atoms with Gasteiger partial charge in [0.05, 0.1) is 0 Å². The van der Waals surface area contributed by atoms with Crippen LogP contribution in [0.1, 0.15) is 19.8 Å². The smallest absolute Gasteiger partial charge is 0.164 e. The zero-order chi connectivity index (χ0) is 6.15. The van der Waals surface area contributed by atoms with Gasteiger partial charge in [0, 0.05) is 5.92 Å². The van der Waals surface area contributed by atoms with Crippen molar-refractivity contribution in [2.24, 2.45) is 5.92 Å². The van der Waals surface area contributed by atoms with Crippen molar-refractivity contribution in [1.82, 2.24) is 0 Å². The van der Waals surface area contributed by atoms with Crippen LogP contribution in [-0.2, 0) is 4.79 Å². The lowest BCUT2D eigenvalue weighted by Crippen LogP contribution is -2.15. The zero-order valence-electron chi connectivity index (χ0n) is 4.92. The summed E-state index contributed by atoms with van der Waals surface area (Å²) in [6, 6.07) is 0. The highest BCUT2D eigenvalue weighted by atomic mass is 16.3. The van der Waals surface area contributed by atoms with Crippen molar-refractivity contribution in [3.63, 3.8) is 0 Å². The molecule has 0 aromatic rings. The van der Waals surface area contributed by atoms with Crippen LogP contribution in [0.15, 0.2) is 0 Å². The SMILES string of the molecule is CC1CCC(O)C1=O. The van der Waals surface area contributed by atoms with Crippen LogP contribution in [0.3, 0.4) is 0 Å². The van der Waals surface area contributed by atoms with Crippen molar-refractivity contribution in [3.05, 3.63) is 0 Å². The molecule has 46 valence electrons. The van der Waals surface area contributed by atoms with Gasteiger partial charge in [-0.25, -0.2) is 0 Å². The summed E-state index contributed by atoms with van der Waals surface area (Å²) < 4.78 is 0. The Balaban J connectivity index is 2.57. The van der Waals surface area contributed by atoms with Crippen LogP contribution in [0.4, 0.5) is 0 Å². The first-order valence-electron chi connectivity index (χ1n) is 2.93. The van der Waals surface area contributed by atoms with E-state index in [-0.39, 0.29) is 11.7 Å². The Kier molecular flexibility index (Phi) is 1.34. The van der Waals surface area contributed by atoms with Gasteiger partial charge in [-0.15, -0.1) is 0 Å². The molecule has 0 aromatic heterocycles. The minimum Gasteiger partial charge on any atom is -0.385 e. The highest BCUT2D eigenvalue weighted by Crippen LogP contribution is 2.20. The summed E-state index contributed by atoms with van der Waals surface area (Å²) in [4.78, 5) is 10.7. The van der Waals surface area contributed by atoms with Crippen molar-refractivity contribution in [1.29, 1.82) is 0 Å². The van der Waals surface area contributed by atoms with Crippen LogP contribution >= 0.6 is 0 Å². The molecule has 1 aliphatic carbocycles. The molecule has 0 aliphatic heterocycles. The molecule has 0 amide bonds. The highest BCUT2D eigenvalue weighted by molar-refractivity contribution is 5.86. The van der Waals surface area contributed by atoms with Crippen LogP contribution in [0, 0.1) is 5.92 Å². The molecule has 2 nitrogen and oxygen atoms in total. The second-order valence-corrected chi connectivity index (χ2v) is 2.40. The summed E-state index contributed by atoms with van der Waals surface area (Å²) in [5, 5.41) is 8.82. The Morgan fingerprint density at radius 2 is 2.25 bits per heavy atom. The topological polar surface area (TPSA) is 37.3 Å². The van der Waals surface area contributed by atoms with Crippen LogP contribution in [0.25, 0.3) is 0 Å². The van der Waals surface area contributed by atoms with Crippen molar-refractivity contribution in [2.45, 2.75) is 25.9 Å². The van der Waals surface area contributed by atoms with E-state index in [2.05, 4.69) is 0 Å². The van der Waals surface area contributed by atoms with Gasteiger partial charge < -0.3 is 5.11 Å². The fraction of sp³-hybridized carbons (Fsp3) is 0.833. The molecule has 0 bridgehead atoms. The average Bonchev–Trinajstić information content (AvgIpc) is 1.98. The summed E-state index contributed by atoms with van der Waals surface area (Å²) in [7, 11) is 0. The van der Waals surface area contributed by atoms with Crippen molar-refractivity contribution < 1.29 is 9.90 Å². The van der Waals surface area contributed by atoms with Gasteiger partial charge in [-0.05, 0) is 12.8 Å². The number of Topliss-reactive ketones (excluding diaryl/α,β-unsaturated/α-hetero) is 1. The Bertz CT molecular complexity index is 97.1. The monoisotopic (exact) mass is 114 g/mol. The van der Waals surface area contributed by atoms with E-state index < -0.39 is 6.10 Å². The van der Waals surface area contributed by atoms with Crippen LogP contribution < -0.4 is 0 Å². The maximum absolute atomic E-state index is 10.7. The van der Waals surface area contributed by atoms with Gasteiger partial charge in [0.2, 0.25) is 0 Å². The lowest BCUT2D eigenvalue weighted by molar-refractivity contribution is -0.126. The number of carbonyl (C=O) groups is 1. The predicted molar refractivity (Wildman–Crippen MR) is 29.4 cm³/mol. The second-order valence-electron chi connectivity index (χ2n) is 2.40. The largest absolute Gasteiger partial charge is 0.385 e. The molecule has 0 aromatic carbocycles. The third-order valence-corrected chi connectivity index (χ3v) is 1.69. The molecule has 0 heterocycles. The van der Waals surface area contributed by atoms with Gasteiger partial charge in [0.15, 0.2) is 5.78 Å². The molecule has 1 N–H and O–H groups in total. The van der Waals surface area contributed by atoms with E-state index in [1.54, 1.807) is 0 Å². The number of aliphatic hydroxyl groups excluding tert-OH is 1. The quantitative estimate of drug-likeness (QED) is 0.493. The van der Waals surface area contributed by atoms with Gasteiger partial charge >= 0.3 is 0 Å². The second kappa shape index (κ2) is 1.86. The lowest BCUT2D eigenvalue weighted by Gasteiger charge is -1.96. The van der Waals surface area contributed by atoms with E-state index >= 15 is 0 Å². The third-order valence-electron chi connectivity index (χ3n) is 1.69. The van der Waals surface area contributed by atoms with Gasteiger partial charge in [0.25, 0.3) is 0 Å². The molecule has 0 saturated heterocycles. The average molecular weight is 114 g/mol. The Labute approximate surface area is 48.5 Å². The maximum atomic E-state index is 10.7. The van der Waals surface area contributed by atoms with Gasteiger partial charge in [0.1, 0.15) is 6.10 Å². The molecule has 8 heavy (non-hydrogen) atoms. The lowest BCUT2D eigenvalue weighted by atomic mass is 10.1. The summed E-state index contributed by atoms with van der Waals surface area (Å²) in [6.45, 7) is 1.86. The predicted octanol–water partition coefficient (Wildman–Crippen LogP) is 0.346. The molecule has 2 atom stereocenters. The first-order chi connectivity index (χ1) is 3.72. The summed E-state index contributed by atoms with van der Waals surface area (Å²) >= 11 is 0. The maximum Gasteiger partial charge on any atom is 0.164 e. The summed E-state index contributed by atoms with van der Waals surface area (Å²) in [5.74, 6) is 0.120. The van der Waals surface area contributed by atoms with Crippen LogP contribution in [0.5, 0.6) is 0 Å². The molecule has 2 heteroatoms. The molecule has 1 saturated carbocycles. The molecule has 0 spiro atoms. The number of ketones is 1. The summed E-state index contributed by atoms with van der Waals surface area (Å²) in [6.07, 6.45) is 0.880. The normalized spacial score (nSPS) is 38.5. The number of hydrogen-bond donors (Lipinski definition) is 1. The fourth-order valence-electron chi connectivity index (χ4n) is 1.02. The number of rotatable bonds is 0. The standard InChI is InChI=1S/C6H10O2/c1-4-2-3-5(7)6(4)8/h4-5,7H,2-3H2,1H3. The Morgan fingerprint density at radius 1 is 1.62 bits per heavy atom. The van der Waals surface area contributed by atoms with E-state index in [0.29, 0.717) is 6.42 Å². The minimum absolute atomic E-state index is 0.0185. The molecular weight excluding hydrogens is 104 g/mol. The highest BCUT2D eigenvalue weighted by Gasteiger charge is 2.28. The fourth-order valence-corrected chi connectivity index (χ4v) is 1.02. The Morgan fingerprint density at radius 3 is 2.38 bits per heavy atom. The molecule has 1 aliphatic rings. The first kappa shape index (κ1) is 5.76. The third kappa shape index (κ3) is 0.757. The van der Waals surface area contributed by atoms with E-state index in [1.807, 2.05) is 6.92 Å². The number of hydrogen-bond acceptors (Lipinski definition) is 2. The van der Waals surface area contributed by atoms with Crippen LogP contribution in [0.2, 0.25) is 0 Å². The van der Waals surface area contributed by atoms with E-state index in [0.717, 1.165) is 6.42 Å². The minimum atomic E-state index is -0.648. The van der Waals surface area contributed by atoms with E-state index in [1.165, 1.54) is 0 Å². The van der Waals surface area contributed by atoms with E-state index in [4.69, 9.17) is 5.11 Å². The molecular formula is C6H10O2. The van der Waals surface area contributed by atoms with Gasteiger partial charge in [-0.3, -0.25) is 4.79 Å². The van der Waals surface area contributed by atoms with Gasteiger partial charge in [-0.2, -0.15) is 0 Å². The Hall–Kier alpha value is -0.370. The van der Waals surface area contributed by atoms with Crippen molar-refractivity contribution >= 4 is 5.78 Å². The van der Waals surface area contributed by atoms with Crippen molar-refractivity contribution in [2.75, 3.05) is 0 Å². The molecule has 1 rings (SSSR count). The first-order valence-corrected chi connectivity index (χ1v) is 2.93. The van der Waals surface area contributed by atoms with Crippen LogP contribution in [-0.4, -0.2) is 17.0 Å². The zero-order valence-corrected chi connectivity index (χ0v) is 4.92. The summed E-state index contributed by atoms with van der Waals surface area (Å²) in [5.41, 5.74) is 0. The van der Waals surface area contributed by atoms with E-state index in [9.17, 15) is 4.79 Å². The number of aliphatic hydroxyl groups is 1. The number of carbonyl (C=O) groups excluding carboxylic acids is 1. The molecule has 1 fully saturated rings. The van der Waals surface area contributed by atoms with Crippen molar-refractivity contribution in [3.8, 4) is 0 Å². The molecule has 0 radical (unpaired) electrons. The molecule has 2 unspecified atom stereocenters. The van der Waals surface area contributed by atoms with Gasteiger partial charge in [-0.1, -0.05) is 6.92 Å².